The molecule has 1 aliphatic rings. The van der Waals surface area contributed by atoms with Crippen LogP contribution in [0.5, 0.6) is 0 Å². The molecular weight excluding hydrogens is 272 g/mol. The topological polar surface area (TPSA) is 63.4 Å². The lowest BCUT2D eigenvalue weighted by Gasteiger charge is -2.26. The average Bonchev–Trinajstić information content (AvgIpc) is 2.86. The second kappa shape index (κ2) is 6.39. The van der Waals surface area contributed by atoms with Crippen molar-refractivity contribution < 1.29 is 4.74 Å². The second-order valence-electron chi connectivity index (χ2n) is 4.98. The largest absolute Gasteiger partial charge is 0.399 e. The summed E-state index contributed by atoms with van der Waals surface area (Å²) < 4.78 is 6.48. The highest BCUT2D eigenvalue weighted by atomic mass is 32.1. The fraction of sp³-hybridized carbons (Fsp3) is 0.500. The summed E-state index contributed by atoms with van der Waals surface area (Å²) in [4.78, 5) is 7.01. The molecule has 6 heteroatoms. The third kappa shape index (κ3) is 3.39. The summed E-state index contributed by atoms with van der Waals surface area (Å²) in [7, 11) is 0. The van der Waals surface area contributed by atoms with Gasteiger partial charge in [0, 0.05) is 25.3 Å². The van der Waals surface area contributed by atoms with Crippen LogP contribution in [0.2, 0.25) is 0 Å². The molecule has 3 rings (SSSR count). The minimum absolute atomic E-state index is 0.792. The minimum atomic E-state index is 0.792. The van der Waals surface area contributed by atoms with Gasteiger partial charge < -0.3 is 15.8 Å². The third-order valence-corrected chi connectivity index (χ3v) is 4.42. The Bertz CT molecular complexity index is 565. The molecule has 20 heavy (non-hydrogen) atoms. The lowest BCUT2D eigenvalue weighted by atomic mass is 10.3. The van der Waals surface area contributed by atoms with Gasteiger partial charge in [-0.1, -0.05) is 11.3 Å². The van der Waals surface area contributed by atoms with Gasteiger partial charge in [-0.15, -0.1) is 0 Å². The molecule has 0 aliphatic carbocycles. The Balaban J connectivity index is 1.47. The van der Waals surface area contributed by atoms with Crippen LogP contribution in [0.3, 0.4) is 0 Å². The Morgan fingerprint density at radius 2 is 2.20 bits per heavy atom. The molecule has 0 saturated carbocycles. The van der Waals surface area contributed by atoms with Gasteiger partial charge >= 0.3 is 0 Å². The van der Waals surface area contributed by atoms with Crippen LogP contribution in [-0.2, 0) is 4.74 Å². The van der Waals surface area contributed by atoms with E-state index < -0.39 is 0 Å². The number of ether oxygens (including phenoxy) is 1. The first-order chi connectivity index (χ1) is 9.81. The fourth-order valence-electron chi connectivity index (χ4n) is 2.34. The van der Waals surface area contributed by atoms with E-state index in [0.717, 1.165) is 66.8 Å². The van der Waals surface area contributed by atoms with Gasteiger partial charge in [-0.2, -0.15) is 0 Å². The van der Waals surface area contributed by atoms with E-state index in [1.807, 2.05) is 18.2 Å². The second-order valence-corrected chi connectivity index (χ2v) is 6.01. The highest BCUT2D eigenvalue weighted by Crippen LogP contribution is 2.27. The molecule has 0 bridgehead atoms. The van der Waals surface area contributed by atoms with E-state index in [9.17, 15) is 0 Å². The molecule has 5 nitrogen and oxygen atoms in total. The van der Waals surface area contributed by atoms with E-state index in [4.69, 9.17) is 10.5 Å². The number of nitrogens with zero attached hydrogens (tertiary/aromatic N) is 2. The first kappa shape index (κ1) is 13.6. The van der Waals surface area contributed by atoms with Crippen molar-refractivity contribution in [2.45, 2.75) is 6.42 Å². The summed E-state index contributed by atoms with van der Waals surface area (Å²) >= 11 is 1.66. The summed E-state index contributed by atoms with van der Waals surface area (Å²) in [5, 5.41) is 4.38. The predicted molar refractivity (Wildman–Crippen MR) is 84.4 cm³/mol. The number of fused-ring (bicyclic) bond motifs is 1. The van der Waals surface area contributed by atoms with Gasteiger partial charge in [0.1, 0.15) is 0 Å². The Morgan fingerprint density at radius 3 is 3.05 bits per heavy atom. The lowest BCUT2D eigenvalue weighted by molar-refractivity contribution is 0.0378. The van der Waals surface area contributed by atoms with Crippen molar-refractivity contribution in [2.75, 3.05) is 50.4 Å². The van der Waals surface area contributed by atoms with Gasteiger partial charge in [-0.3, -0.25) is 4.90 Å². The van der Waals surface area contributed by atoms with Gasteiger partial charge in [0.05, 0.1) is 23.4 Å². The number of morpholine rings is 1. The Morgan fingerprint density at radius 1 is 1.35 bits per heavy atom. The maximum Gasteiger partial charge on any atom is 0.183 e. The number of aromatic nitrogens is 1. The number of nitrogens with two attached hydrogens (primary N) is 1. The summed E-state index contributed by atoms with van der Waals surface area (Å²) in [5.41, 5.74) is 7.59. The summed E-state index contributed by atoms with van der Waals surface area (Å²) in [6.07, 6.45) is 1.12. The molecule has 2 aromatic rings. The van der Waals surface area contributed by atoms with Crippen LogP contribution in [0.4, 0.5) is 10.8 Å². The molecular formula is C14H20N4OS. The van der Waals surface area contributed by atoms with Crippen LogP contribution in [0.25, 0.3) is 10.2 Å². The quantitative estimate of drug-likeness (QED) is 0.652. The zero-order valence-electron chi connectivity index (χ0n) is 11.5. The van der Waals surface area contributed by atoms with Gasteiger partial charge in [-0.25, -0.2) is 4.98 Å². The number of hydrogen-bond acceptors (Lipinski definition) is 6. The van der Waals surface area contributed by atoms with E-state index >= 15 is 0 Å². The predicted octanol–water partition coefficient (Wildman–Crippen LogP) is 2.01. The smallest absolute Gasteiger partial charge is 0.183 e. The van der Waals surface area contributed by atoms with Gasteiger partial charge in [0.15, 0.2) is 5.13 Å². The van der Waals surface area contributed by atoms with Crippen LogP contribution < -0.4 is 11.1 Å². The molecule has 0 atom stereocenters. The number of nitrogen functional groups attached to an aromatic ring is 1. The van der Waals surface area contributed by atoms with Gasteiger partial charge in [0.2, 0.25) is 0 Å². The van der Waals surface area contributed by atoms with Gasteiger partial charge in [-0.05, 0) is 31.2 Å². The van der Waals surface area contributed by atoms with Crippen molar-refractivity contribution in [3.8, 4) is 0 Å². The lowest BCUT2D eigenvalue weighted by Crippen LogP contribution is -2.37. The van der Waals surface area contributed by atoms with Gasteiger partial charge in [0.25, 0.3) is 0 Å². The molecule has 1 aromatic heterocycles. The monoisotopic (exact) mass is 292 g/mol. The molecule has 0 unspecified atom stereocenters. The standard InChI is InChI=1S/C14H20N4OS/c15-11-2-3-12-13(10-11)20-14(17-12)16-4-1-5-18-6-8-19-9-7-18/h2-3,10H,1,4-9,15H2,(H,16,17). The number of rotatable bonds is 5. The van der Waals surface area contributed by atoms with E-state index in [1.54, 1.807) is 11.3 Å². The van der Waals surface area contributed by atoms with Crippen molar-refractivity contribution in [1.82, 2.24) is 9.88 Å². The summed E-state index contributed by atoms with van der Waals surface area (Å²) in [5.74, 6) is 0. The van der Waals surface area contributed by atoms with Crippen molar-refractivity contribution in [3.05, 3.63) is 18.2 Å². The zero-order chi connectivity index (χ0) is 13.8. The molecule has 0 radical (unpaired) electrons. The molecule has 1 saturated heterocycles. The van der Waals surface area contributed by atoms with Crippen LogP contribution in [0, 0.1) is 0 Å². The molecule has 1 aliphatic heterocycles. The average molecular weight is 292 g/mol. The maximum absolute atomic E-state index is 5.78. The SMILES string of the molecule is Nc1ccc2nc(NCCCN3CCOCC3)sc2c1. The van der Waals surface area contributed by atoms with Crippen molar-refractivity contribution in [1.29, 1.82) is 0 Å². The van der Waals surface area contributed by atoms with Crippen molar-refractivity contribution in [2.24, 2.45) is 0 Å². The third-order valence-electron chi connectivity index (χ3n) is 3.44. The molecule has 1 fully saturated rings. The zero-order valence-corrected chi connectivity index (χ0v) is 12.3. The fourth-order valence-corrected chi connectivity index (χ4v) is 3.28. The van der Waals surface area contributed by atoms with E-state index in [1.165, 1.54) is 0 Å². The van der Waals surface area contributed by atoms with Crippen LogP contribution in [-0.4, -0.2) is 49.3 Å². The number of anilines is 2. The molecule has 108 valence electrons. The van der Waals surface area contributed by atoms with Crippen LogP contribution in [0.1, 0.15) is 6.42 Å². The minimum Gasteiger partial charge on any atom is -0.399 e. The normalized spacial score (nSPS) is 16.6. The number of benzene rings is 1. The molecule has 1 aromatic carbocycles. The highest BCUT2D eigenvalue weighted by molar-refractivity contribution is 7.22. The Labute approximate surface area is 122 Å². The molecule has 3 N–H and O–H groups in total. The number of nitrogens with one attached hydrogen (secondary N) is 1. The van der Waals surface area contributed by atoms with Crippen molar-refractivity contribution in [3.63, 3.8) is 0 Å². The Kier molecular flexibility index (Phi) is 4.34. The molecule has 0 amide bonds. The van der Waals surface area contributed by atoms with E-state index in [-0.39, 0.29) is 0 Å². The first-order valence-corrected chi connectivity index (χ1v) is 7.83. The molecule has 0 spiro atoms. The maximum atomic E-state index is 5.78. The van der Waals surface area contributed by atoms with Crippen LogP contribution >= 0.6 is 11.3 Å². The van der Waals surface area contributed by atoms with Crippen molar-refractivity contribution >= 4 is 32.4 Å². The summed E-state index contributed by atoms with van der Waals surface area (Å²) in [6, 6.07) is 5.84. The van der Waals surface area contributed by atoms with Crippen LogP contribution in [0.15, 0.2) is 18.2 Å². The number of thiazole rings is 1. The number of hydrogen-bond donors (Lipinski definition) is 2. The Hall–Kier alpha value is -1.37. The van der Waals surface area contributed by atoms with E-state index in [0.29, 0.717) is 0 Å². The summed E-state index contributed by atoms with van der Waals surface area (Å²) in [6.45, 7) is 5.92. The molecule has 2 heterocycles. The highest BCUT2D eigenvalue weighted by Gasteiger charge is 2.09. The first-order valence-electron chi connectivity index (χ1n) is 7.01. The van der Waals surface area contributed by atoms with E-state index in [2.05, 4.69) is 15.2 Å².